The molecular formula is C13H10F2N4O2. The lowest BCUT2D eigenvalue weighted by Crippen LogP contribution is -2.02. The molecule has 0 aliphatic rings. The summed E-state index contributed by atoms with van der Waals surface area (Å²) in [5.41, 5.74) is 5.16. The van der Waals surface area contributed by atoms with E-state index in [9.17, 15) is 18.9 Å². The van der Waals surface area contributed by atoms with E-state index in [0.717, 1.165) is 12.1 Å². The molecule has 8 heteroatoms. The molecule has 1 aromatic heterocycles. The van der Waals surface area contributed by atoms with Gasteiger partial charge in [0.25, 0.3) is 5.69 Å². The highest BCUT2D eigenvalue weighted by Gasteiger charge is 2.15. The van der Waals surface area contributed by atoms with Crippen LogP contribution in [0, 0.1) is 15.9 Å². The van der Waals surface area contributed by atoms with Crippen LogP contribution in [-0.4, -0.2) is 9.91 Å². The van der Waals surface area contributed by atoms with Gasteiger partial charge in [-0.15, -0.1) is 0 Å². The molecule has 0 atom stereocenters. The number of nitrogens with zero attached hydrogens (tertiary/aromatic N) is 2. The summed E-state index contributed by atoms with van der Waals surface area (Å²) in [6, 6.07) is 4.45. The fourth-order valence-electron chi connectivity index (χ4n) is 1.73. The van der Waals surface area contributed by atoms with Crippen LogP contribution < -0.4 is 11.1 Å². The molecule has 0 unspecified atom stereocenters. The van der Waals surface area contributed by atoms with Gasteiger partial charge in [0, 0.05) is 12.3 Å². The number of rotatable bonds is 4. The molecule has 6 nitrogen and oxygen atoms in total. The monoisotopic (exact) mass is 292 g/mol. The number of hydrogen-bond donors (Lipinski definition) is 2. The van der Waals surface area contributed by atoms with Gasteiger partial charge >= 0.3 is 0 Å². The molecule has 108 valence electrons. The highest BCUT2D eigenvalue weighted by molar-refractivity contribution is 5.81. The van der Waals surface area contributed by atoms with E-state index < -0.39 is 16.6 Å². The van der Waals surface area contributed by atoms with Crippen molar-refractivity contribution in [3.63, 3.8) is 0 Å². The van der Waals surface area contributed by atoms with Crippen LogP contribution in [0.3, 0.4) is 0 Å². The van der Waals surface area contributed by atoms with Gasteiger partial charge in [-0.2, -0.15) is 0 Å². The highest BCUT2D eigenvalue weighted by atomic mass is 19.1. The van der Waals surface area contributed by atoms with Gasteiger partial charge in [-0.25, -0.2) is 13.8 Å². The topological polar surface area (TPSA) is 94.1 Å². The molecular weight excluding hydrogens is 282 g/mol. The molecule has 0 saturated carbocycles. The zero-order valence-electron chi connectivity index (χ0n) is 10.6. The molecule has 3 N–H and O–H groups in total. The predicted molar refractivity (Wildman–Crippen MR) is 75.1 cm³/mol. The summed E-state index contributed by atoms with van der Waals surface area (Å²) in [7, 11) is 0. The Morgan fingerprint density at radius 1 is 1.38 bits per heavy atom. The third-order valence-electron chi connectivity index (χ3n) is 2.68. The van der Waals surface area contributed by atoms with Crippen molar-refractivity contribution in [3.05, 3.63) is 58.5 Å². The van der Waals surface area contributed by atoms with Crippen LogP contribution in [0.5, 0.6) is 0 Å². The molecule has 0 spiro atoms. The molecule has 0 aliphatic heterocycles. The van der Waals surface area contributed by atoms with Crippen molar-refractivity contribution in [2.75, 3.05) is 11.1 Å². The number of nitrogen functional groups attached to an aromatic ring is 1. The van der Waals surface area contributed by atoms with Gasteiger partial charge in [0.1, 0.15) is 11.6 Å². The summed E-state index contributed by atoms with van der Waals surface area (Å²) in [6.45, 7) is 3.14. The summed E-state index contributed by atoms with van der Waals surface area (Å²) < 4.78 is 27.2. The maximum absolute atomic E-state index is 13.8. The Balaban J connectivity index is 2.42. The van der Waals surface area contributed by atoms with Crippen molar-refractivity contribution in [1.82, 2.24) is 4.98 Å². The van der Waals surface area contributed by atoms with E-state index in [1.165, 1.54) is 18.3 Å². The van der Waals surface area contributed by atoms with Crippen LogP contribution in [0.15, 0.2) is 37.0 Å². The lowest BCUT2D eigenvalue weighted by Gasteiger charge is -2.12. The van der Waals surface area contributed by atoms with E-state index >= 15 is 0 Å². The molecule has 0 saturated heterocycles. The Morgan fingerprint density at radius 3 is 2.67 bits per heavy atom. The average Bonchev–Trinajstić information content (AvgIpc) is 2.40. The Kier molecular flexibility index (Phi) is 3.79. The number of anilines is 3. The van der Waals surface area contributed by atoms with E-state index in [-0.39, 0.29) is 28.4 Å². The first-order chi connectivity index (χ1) is 9.90. The number of nitrogens with one attached hydrogen (secondary N) is 1. The fraction of sp³-hybridized carbons (Fsp3) is 0. The van der Waals surface area contributed by atoms with E-state index in [2.05, 4.69) is 16.9 Å². The maximum Gasteiger partial charge on any atom is 0.272 e. The second-order valence-electron chi connectivity index (χ2n) is 4.07. The second-order valence-corrected chi connectivity index (χ2v) is 4.07. The smallest absolute Gasteiger partial charge is 0.272 e. The average molecular weight is 292 g/mol. The van der Waals surface area contributed by atoms with E-state index in [1.807, 2.05) is 0 Å². The number of aromatic nitrogens is 1. The first kappa shape index (κ1) is 14.4. The summed E-state index contributed by atoms with van der Waals surface area (Å²) in [5, 5.41) is 13.2. The lowest BCUT2D eigenvalue weighted by molar-refractivity contribution is -0.385. The van der Waals surface area contributed by atoms with Crippen molar-refractivity contribution >= 4 is 28.7 Å². The molecule has 0 amide bonds. The van der Waals surface area contributed by atoms with Crippen LogP contribution in [0.4, 0.5) is 31.7 Å². The second kappa shape index (κ2) is 5.53. The number of non-ortho nitro benzene ring substituents is 1. The number of pyridine rings is 1. The normalized spacial score (nSPS) is 10.2. The van der Waals surface area contributed by atoms with Gasteiger partial charge in [-0.3, -0.25) is 10.1 Å². The van der Waals surface area contributed by atoms with E-state index in [1.54, 1.807) is 0 Å². The summed E-state index contributed by atoms with van der Waals surface area (Å²) >= 11 is 0. The zero-order chi connectivity index (χ0) is 15.6. The van der Waals surface area contributed by atoms with Crippen molar-refractivity contribution in [1.29, 1.82) is 0 Å². The summed E-state index contributed by atoms with van der Waals surface area (Å²) in [6.07, 6.45) is 1.31. The Bertz CT molecular complexity index is 734. The molecule has 0 bridgehead atoms. The molecule has 1 aromatic carbocycles. The quantitative estimate of drug-likeness (QED) is 0.665. The van der Waals surface area contributed by atoms with Gasteiger partial charge in [-0.05, 0) is 12.1 Å². The molecule has 2 rings (SSSR count). The van der Waals surface area contributed by atoms with Gasteiger partial charge in [0.2, 0.25) is 0 Å². The van der Waals surface area contributed by atoms with Crippen LogP contribution in [0.2, 0.25) is 0 Å². The van der Waals surface area contributed by atoms with Crippen molar-refractivity contribution in [2.24, 2.45) is 0 Å². The third kappa shape index (κ3) is 2.94. The Morgan fingerprint density at radius 2 is 2.10 bits per heavy atom. The maximum atomic E-state index is 13.8. The standard InChI is InChI=1S/C13H10F2N4O2/c1-7(14)12-11(4-5-17-13(12)16)18-10-3-2-8(19(20)21)6-9(10)15/h2-6H,1H2,(H3,16,17,18). The van der Waals surface area contributed by atoms with Crippen molar-refractivity contribution in [2.45, 2.75) is 0 Å². The van der Waals surface area contributed by atoms with E-state index in [0.29, 0.717) is 0 Å². The van der Waals surface area contributed by atoms with Crippen LogP contribution in [-0.2, 0) is 0 Å². The number of nitro groups is 1. The molecule has 0 fully saturated rings. The number of nitro benzene ring substituents is 1. The summed E-state index contributed by atoms with van der Waals surface area (Å²) in [4.78, 5) is 13.5. The minimum atomic E-state index is -0.852. The van der Waals surface area contributed by atoms with Gasteiger partial charge in [0.05, 0.1) is 27.9 Å². The van der Waals surface area contributed by atoms with Crippen LogP contribution in [0.25, 0.3) is 5.83 Å². The first-order valence-electron chi connectivity index (χ1n) is 5.70. The van der Waals surface area contributed by atoms with Crippen LogP contribution >= 0.6 is 0 Å². The highest BCUT2D eigenvalue weighted by Crippen LogP contribution is 2.31. The molecule has 0 radical (unpaired) electrons. The minimum Gasteiger partial charge on any atom is -0.383 e. The zero-order valence-corrected chi connectivity index (χ0v) is 10.6. The minimum absolute atomic E-state index is 0.0614. The largest absolute Gasteiger partial charge is 0.383 e. The SMILES string of the molecule is C=C(F)c1c(Nc2ccc([N+](=O)[O-])cc2F)ccnc1N. The van der Waals surface area contributed by atoms with Crippen molar-refractivity contribution in [3.8, 4) is 0 Å². The summed E-state index contributed by atoms with van der Waals surface area (Å²) in [5.74, 6) is -1.78. The fourth-order valence-corrected chi connectivity index (χ4v) is 1.73. The van der Waals surface area contributed by atoms with Crippen molar-refractivity contribution < 1.29 is 13.7 Å². The van der Waals surface area contributed by atoms with Gasteiger partial charge in [0.15, 0.2) is 5.82 Å². The van der Waals surface area contributed by atoms with Gasteiger partial charge < -0.3 is 11.1 Å². The first-order valence-corrected chi connectivity index (χ1v) is 5.70. The molecule has 21 heavy (non-hydrogen) atoms. The molecule has 1 heterocycles. The van der Waals surface area contributed by atoms with Gasteiger partial charge in [-0.1, -0.05) is 6.58 Å². The number of nitrogens with two attached hydrogens (primary N) is 1. The number of benzene rings is 1. The van der Waals surface area contributed by atoms with E-state index in [4.69, 9.17) is 5.73 Å². The lowest BCUT2D eigenvalue weighted by atomic mass is 10.1. The third-order valence-corrected chi connectivity index (χ3v) is 2.68. The Hall–Kier alpha value is -3.03. The molecule has 0 aliphatic carbocycles. The number of halogens is 2. The predicted octanol–water partition coefficient (Wildman–Crippen LogP) is 3.39. The van der Waals surface area contributed by atoms with Crippen LogP contribution in [0.1, 0.15) is 5.56 Å². The number of hydrogen-bond acceptors (Lipinski definition) is 5. The molecule has 2 aromatic rings. The Labute approximate surface area is 118 Å².